The summed E-state index contributed by atoms with van der Waals surface area (Å²) in [6.45, 7) is -2.38. The molecule has 0 aromatic carbocycles. The van der Waals surface area contributed by atoms with E-state index in [1.807, 2.05) is 0 Å². The highest BCUT2D eigenvalue weighted by Crippen LogP contribution is 2.21. The summed E-state index contributed by atoms with van der Waals surface area (Å²) in [5, 5.41) is 0. The molecule has 0 unspecified atom stereocenters. The van der Waals surface area contributed by atoms with Crippen LogP contribution in [0.15, 0.2) is 0 Å². The zero-order valence-corrected chi connectivity index (χ0v) is 7.36. The fraction of sp³-hybridized carbons (Fsp3) is 1.00. The fourth-order valence-electron chi connectivity index (χ4n) is 0.558. The number of halogens is 3. The molecular weight excluding hydrogens is 213 g/mol. The molecule has 0 spiro atoms. The monoisotopic (exact) mass is 222 g/mol. The first-order chi connectivity index (χ1) is 5.77. The van der Waals surface area contributed by atoms with E-state index in [1.165, 1.54) is 0 Å². The van der Waals surface area contributed by atoms with Gasteiger partial charge in [-0.25, -0.2) is 13.0 Å². The Morgan fingerprint density at radius 3 is 2.31 bits per heavy atom. The lowest BCUT2D eigenvalue weighted by molar-refractivity contribution is -0.0509. The van der Waals surface area contributed by atoms with Crippen LogP contribution in [0.1, 0.15) is 12.8 Å². The molecule has 8 heteroatoms. The Morgan fingerprint density at radius 2 is 1.92 bits per heavy atom. The van der Waals surface area contributed by atoms with Gasteiger partial charge in [0.15, 0.2) is 0 Å². The molecule has 0 aromatic heterocycles. The molecule has 0 aliphatic rings. The molecule has 4 nitrogen and oxygen atoms in total. The van der Waals surface area contributed by atoms with Crippen LogP contribution < -0.4 is 0 Å². The van der Waals surface area contributed by atoms with Crippen molar-refractivity contribution in [3.05, 3.63) is 0 Å². The summed E-state index contributed by atoms with van der Waals surface area (Å²) in [7, 11) is -4.86. The van der Waals surface area contributed by atoms with Gasteiger partial charge in [0.1, 0.15) is 6.61 Å². The second kappa shape index (κ2) is 4.77. The molecule has 0 amide bonds. The Labute approximate surface area is 73.6 Å². The van der Waals surface area contributed by atoms with Gasteiger partial charge in [-0.05, 0) is 6.42 Å². The van der Waals surface area contributed by atoms with Crippen LogP contribution in [0.5, 0.6) is 0 Å². The first-order valence-electron chi connectivity index (χ1n) is 3.32. The van der Waals surface area contributed by atoms with Gasteiger partial charge in [-0.3, -0.25) is 8.94 Å². The van der Waals surface area contributed by atoms with Crippen molar-refractivity contribution in [2.45, 2.75) is 18.8 Å². The first-order valence-corrected chi connectivity index (χ1v) is 4.69. The Bertz CT molecular complexity index is 238. The highest BCUT2D eigenvalue weighted by Gasteiger charge is 2.30. The molecule has 0 bridgehead atoms. The molecule has 0 saturated heterocycles. The van der Waals surface area contributed by atoms with Crippen molar-refractivity contribution in [3.8, 4) is 0 Å². The minimum absolute atomic E-state index is 0.387. The number of hydrogen-bond donors (Lipinski definition) is 1. The molecule has 0 radical (unpaired) electrons. The summed E-state index contributed by atoms with van der Waals surface area (Å²) in [5.41, 5.74) is 0. The smallest absolute Gasteiger partial charge is 0.264 e. The Hall–Kier alpha value is -0.340. The minimum Gasteiger partial charge on any atom is -0.264 e. The normalized spacial score (nSPS) is 13.2. The molecule has 0 aliphatic carbocycles. The second-order valence-corrected chi connectivity index (χ2v) is 3.43. The van der Waals surface area contributed by atoms with Gasteiger partial charge >= 0.3 is 10.4 Å². The van der Waals surface area contributed by atoms with E-state index in [4.69, 9.17) is 4.55 Å². The summed E-state index contributed by atoms with van der Waals surface area (Å²) in [5.74, 6) is -3.44. The summed E-state index contributed by atoms with van der Waals surface area (Å²) >= 11 is 0. The average molecular weight is 222 g/mol. The predicted octanol–water partition coefficient (Wildman–Crippen LogP) is 1.19. The molecule has 13 heavy (non-hydrogen) atoms. The quantitative estimate of drug-likeness (QED) is 0.685. The van der Waals surface area contributed by atoms with Gasteiger partial charge in [-0.1, -0.05) is 0 Å². The van der Waals surface area contributed by atoms with Crippen LogP contribution in [0.3, 0.4) is 0 Å². The summed E-state index contributed by atoms with van der Waals surface area (Å²) in [4.78, 5) is 0. The van der Waals surface area contributed by atoms with E-state index in [9.17, 15) is 21.6 Å². The second-order valence-electron chi connectivity index (χ2n) is 2.34. The minimum atomic E-state index is -4.86. The van der Waals surface area contributed by atoms with Crippen molar-refractivity contribution in [3.63, 3.8) is 0 Å². The lowest BCUT2D eigenvalue weighted by atomic mass is 10.2. The van der Waals surface area contributed by atoms with Gasteiger partial charge in [0, 0.05) is 6.42 Å². The van der Waals surface area contributed by atoms with Gasteiger partial charge in [-0.2, -0.15) is 8.42 Å². The standard InChI is InChI=1S/C5H9F3O4S/c6-3-1-2-5(7,8)4-12-13(9,10)11/h1-4H2,(H,9,10,11). The predicted molar refractivity (Wildman–Crippen MR) is 37.7 cm³/mol. The maximum atomic E-state index is 12.5. The summed E-state index contributed by atoms with van der Waals surface area (Å²) < 4.78 is 67.6. The van der Waals surface area contributed by atoms with Crippen LogP contribution in [0.25, 0.3) is 0 Å². The van der Waals surface area contributed by atoms with E-state index in [0.717, 1.165) is 0 Å². The highest BCUT2D eigenvalue weighted by atomic mass is 32.3. The summed E-state index contributed by atoms with van der Waals surface area (Å²) in [6, 6.07) is 0. The van der Waals surface area contributed by atoms with Crippen LogP contribution in [-0.4, -0.2) is 32.2 Å². The van der Waals surface area contributed by atoms with Gasteiger partial charge in [0.25, 0.3) is 5.92 Å². The van der Waals surface area contributed by atoms with Crippen LogP contribution >= 0.6 is 0 Å². The molecule has 0 aromatic rings. The Balaban J connectivity index is 3.89. The zero-order chi connectivity index (χ0) is 10.5. The fourth-order valence-corrected chi connectivity index (χ4v) is 0.880. The van der Waals surface area contributed by atoms with E-state index in [-0.39, 0.29) is 6.42 Å². The molecule has 0 atom stereocenters. The number of alkyl halides is 3. The van der Waals surface area contributed by atoms with E-state index < -0.39 is 36.0 Å². The van der Waals surface area contributed by atoms with Gasteiger partial charge in [0.05, 0.1) is 6.67 Å². The van der Waals surface area contributed by atoms with Crippen molar-refractivity contribution in [1.29, 1.82) is 0 Å². The van der Waals surface area contributed by atoms with Crippen molar-refractivity contribution >= 4 is 10.4 Å². The van der Waals surface area contributed by atoms with Crippen LogP contribution in [0, 0.1) is 0 Å². The molecule has 80 valence electrons. The van der Waals surface area contributed by atoms with Crippen molar-refractivity contribution in [1.82, 2.24) is 0 Å². The number of hydrogen-bond acceptors (Lipinski definition) is 3. The van der Waals surface area contributed by atoms with Crippen molar-refractivity contribution in [2.75, 3.05) is 13.3 Å². The Kier molecular flexibility index (Phi) is 4.65. The SMILES string of the molecule is O=S(=O)(O)OCC(F)(F)CCCF. The molecule has 0 rings (SSSR count). The highest BCUT2D eigenvalue weighted by molar-refractivity contribution is 7.80. The maximum absolute atomic E-state index is 12.5. The van der Waals surface area contributed by atoms with Crippen LogP contribution in [-0.2, 0) is 14.6 Å². The van der Waals surface area contributed by atoms with Crippen molar-refractivity contribution in [2.24, 2.45) is 0 Å². The third-order valence-electron chi connectivity index (χ3n) is 1.10. The molecule has 0 aliphatic heterocycles. The Morgan fingerprint density at radius 1 is 1.38 bits per heavy atom. The molecule has 0 heterocycles. The van der Waals surface area contributed by atoms with Crippen molar-refractivity contribution < 1.29 is 30.3 Å². The molecule has 1 N–H and O–H groups in total. The third-order valence-corrected chi connectivity index (χ3v) is 1.51. The zero-order valence-electron chi connectivity index (χ0n) is 6.54. The average Bonchev–Trinajstić information content (AvgIpc) is 1.97. The molecule has 0 fully saturated rings. The van der Waals surface area contributed by atoms with Crippen LogP contribution in [0.2, 0.25) is 0 Å². The van der Waals surface area contributed by atoms with Gasteiger partial charge in [-0.15, -0.1) is 0 Å². The van der Waals surface area contributed by atoms with Gasteiger partial charge in [0.2, 0.25) is 0 Å². The van der Waals surface area contributed by atoms with E-state index in [2.05, 4.69) is 4.18 Å². The van der Waals surface area contributed by atoms with Gasteiger partial charge < -0.3 is 0 Å². The first kappa shape index (κ1) is 12.7. The third kappa shape index (κ3) is 8.00. The summed E-state index contributed by atoms with van der Waals surface area (Å²) in [6.07, 6.45) is -1.21. The van der Waals surface area contributed by atoms with Crippen LogP contribution in [0.4, 0.5) is 13.2 Å². The molecule has 0 saturated carbocycles. The molecular formula is C5H9F3O4S. The van der Waals surface area contributed by atoms with E-state index in [1.54, 1.807) is 0 Å². The topological polar surface area (TPSA) is 63.6 Å². The maximum Gasteiger partial charge on any atom is 0.397 e. The number of rotatable bonds is 6. The lowest BCUT2D eigenvalue weighted by Crippen LogP contribution is -2.25. The van der Waals surface area contributed by atoms with E-state index in [0.29, 0.717) is 0 Å². The largest absolute Gasteiger partial charge is 0.397 e. The lowest BCUT2D eigenvalue weighted by Gasteiger charge is -2.13. The van der Waals surface area contributed by atoms with E-state index >= 15 is 0 Å².